The molecule has 75 heavy (non-hydrogen) atoms. The van der Waals surface area contributed by atoms with Gasteiger partial charge in [-0.3, -0.25) is 29.6 Å². The minimum absolute atomic E-state index is 0.0715. The molecule has 4 aromatic rings. The highest BCUT2D eigenvalue weighted by molar-refractivity contribution is 6.08. The van der Waals surface area contributed by atoms with Gasteiger partial charge in [0.15, 0.2) is 5.84 Å². The monoisotopic (exact) mass is 1030 g/mol. The molecule has 1 aromatic heterocycles. The van der Waals surface area contributed by atoms with E-state index in [2.05, 4.69) is 37.9 Å². The number of primary amides is 1. The number of benzene rings is 3. The van der Waals surface area contributed by atoms with Crippen molar-refractivity contribution in [2.24, 2.45) is 16.5 Å². The van der Waals surface area contributed by atoms with Gasteiger partial charge in [0, 0.05) is 98.3 Å². The summed E-state index contributed by atoms with van der Waals surface area (Å²) in [6, 6.07) is 22.8. The van der Waals surface area contributed by atoms with Gasteiger partial charge in [0.25, 0.3) is 11.8 Å². The number of aldehydes is 1. The number of amidine groups is 2. The third-order valence-electron chi connectivity index (χ3n) is 13.3. The van der Waals surface area contributed by atoms with E-state index in [1.54, 1.807) is 48.8 Å². The number of ether oxygens (including phenoxy) is 4. The Morgan fingerprint density at radius 1 is 0.813 bits per heavy atom. The smallest absolute Gasteiger partial charge is 0.255 e. The standard InChI is InChI=1S/C56H74N10O9/c1-65-28-24-56(25-29-65,55(59)63-51(57)42-22-26-60-27-23-42)64-44-13-9-12-43(38-44)53(70)61-39-41-18-20-45(21-19-41)75-33-8-3-2-6-31-72-34-36-74-37-35-73-32-7-4-5-17-50(68)62-48-15-10-14-46-47(48)40-66(54(46)71)49(52(58)69)16-11-30-67/h9-10,12-15,18-23,26-27,30,38,49,64H,2-8,11,16-17,24-25,28-29,31-37,39-40H2,1H3,(H2,58,69)(H,61,70)(H,62,68)(H3,57,59,63). The number of piperidine rings is 1. The van der Waals surface area contributed by atoms with Crippen LogP contribution in [0.15, 0.2) is 96.2 Å². The van der Waals surface area contributed by atoms with Crippen molar-refractivity contribution in [3.8, 4) is 5.75 Å². The highest BCUT2D eigenvalue weighted by Gasteiger charge is 2.39. The number of rotatable bonds is 33. The number of aliphatic imine (C=N–C) groups is 1. The Kier molecular flexibility index (Phi) is 23.2. The van der Waals surface area contributed by atoms with Crippen LogP contribution in [0.2, 0.25) is 0 Å². The van der Waals surface area contributed by atoms with Crippen molar-refractivity contribution in [3.63, 3.8) is 0 Å². The molecule has 1 atom stereocenters. The van der Waals surface area contributed by atoms with Gasteiger partial charge in [-0.2, -0.15) is 0 Å². The van der Waals surface area contributed by atoms with Gasteiger partial charge in [-0.25, -0.2) is 4.99 Å². The molecule has 1 fully saturated rings. The fourth-order valence-corrected chi connectivity index (χ4v) is 8.92. The van der Waals surface area contributed by atoms with E-state index in [0.29, 0.717) is 119 Å². The number of amides is 4. The molecule has 0 bridgehead atoms. The molecule has 6 rings (SSSR count). The molecule has 0 saturated carbocycles. The molecule has 2 aliphatic heterocycles. The fraction of sp³-hybridized carbons (Fsp3) is 0.464. The first-order chi connectivity index (χ1) is 36.5. The van der Waals surface area contributed by atoms with Gasteiger partial charge in [0.2, 0.25) is 11.8 Å². The predicted octanol–water partition coefficient (Wildman–Crippen LogP) is 6.25. The van der Waals surface area contributed by atoms with Crippen molar-refractivity contribution < 1.29 is 42.9 Å². The van der Waals surface area contributed by atoms with Crippen molar-refractivity contribution in [1.29, 1.82) is 5.41 Å². The minimum Gasteiger partial charge on any atom is -0.494 e. The highest BCUT2D eigenvalue weighted by Crippen LogP contribution is 2.32. The van der Waals surface area contributed by atoms with E-state index < -0.39 is 17.5 Å². The number of nitrogens with zero attached hydrogens (tertiary/aromatic N) is 4. The van der Waals surface area contributed by atoms with Crippen molar-refractivity contribution in [3.05, 3.63) is 119 Å². The lowest BCUT2D eigenvalue weighted by Gasteiger charge is -2.41. The predicted molar refractivity (Wildman–Crippen MR) is 288 cm³/mol. The Morgan fingerprint density at radius 3 is 2.15 bits per heavy atom. The number of nitrogens with two attached hydrogens (primary N) is 2. The molecule has 402 valence electrons. The summed E-state index contributed by atoms with van der Waals surface area (Å²) < 4.78 is 23.0. The number of carbonyl (C=O) groups is 5. The Bertz CT molecular complexity index is 2520. The van der Waals surface area contributed by atoms with Crippen LogP contribution in [0.25, 0.3) is 0 Å². The fourth-order valence-electron chi connectivity index (χ4n) is 8.92. The van der Waals surface area contributed by atoms with E-state index in [-0.39, 0.29) is 42.9 Å². The Hall–Kier alpha value is -7.06. The van der Waals surface area contributed by atoms with Crippen molar-refractivity contribution >= 4 is 53.0 Å². The van der Waals surface area contributed by atoms with E-state index in [1.165, 1.54) is 4.90 Å². The molecule has 1 saturated heterocycles. The summed E-state index contributed by atoms with van der Waals surface area (Å²) in [6.07, 6.45) is 12.2. The van der Waals surface area contributed by atoms with E-state index >= 15 is 0 Å². The van der Waals surface area contributed by atoms with Gasteiger partial charge in [-0.1, -0.05) is 37.1 Å². The zero-order valence-corrected chi connectivity index (χ0v) is 43.2. The molecule has 8 N–H and O–H groups in total. The van der Waals surface area contributed by atoms with Gasteiger partial charge in [0.1, 0.15) is 23.9 Å². The van der Waals surface area contributed by atoms with Crippen molar-refractivity contribution in [2.45, 2.75) is 102 Å². The average Bonchev–Trinajstić information content (AvgIpc) is 3.75. The summed E-state index contributed by atoms with van der Waals surface area (Å²) in [5.74, 6) is -0.171. The van der Waals surface area contributed by atoms with Crippen molar-refractivity contribution in [2.75, 3.05) is 77.0 Å². The maximum Gasteiger partial charge on any atom is 0.255 e. The second kappa shape index (κ2) is 30.3. The molecule has 0 aliphatic carbocycles. The molecule has 1 unspecified atom stereocenters. The number of anilines is 2. The molecule has 3 heterocycles. The van der Waals surface area contributed by atoms with E-state index in [1.807, 2.05) is 42.5 Å². The number of hydrogen-bond acceptors (Lipinski definition) is 13. The summed E-state index contributed by atoms with van der Waals surface area (Å²) in [6.45, 7) is 5.96. The maximum atomic E-state index is 13.3. The summed E-state index contributed by atoms with van der Waals surface area (Å²) in [5, 5.41) is 18.1. The molecule has 3 aromatic carbocycles. The first-order valence-electron chi connectivity index (χ1n) is 26.1. The number of aromatic nitrogens is 1. The summed E-state index contributed by atoms with van der Waals surface area (Å²) in [5.41, 5.74) is 15.9. The third kappa shape index (κ3) is 18.1. The number of fused-ring (bicyclic) bond motifs is 1. The Morgan fingerprint density at radius 2 is 1.47 bits per heavy atom. The lowest BCUT2D eigenvalue weighted by atomic mass is 9.85. The lowest BCUT2D eigenvalue weighted by Crippen LogP contribution is -2.56. The summed E-state index contributed by atoms with van der Waals surface area (Å²) in [4.78, 5) is 74.1. The molecule has 2 aliphatic rings. The largest absolute Gasteiger partial charge is 0.494 e. The van der Waals surface area contributed by atoms with Crippen LogP contribution in [0.5, 0.6) is 5.75 Å². The second-order valence-electron chi connectivity index (χ2n) is 18.9. The van der Waals surface area contributed by atoms with Gasteiger partial charge >= 0.3 is 0 Å². The number of pyridine rings is 1. The van der Waals surface area contributed by atoms with Crippen LogP contribution < -0.4 is 32.2 Å². The zero-order chi connectivity index (χ0) is 53.3. The second-order valence-corrected chi connectivity index (χ2v) is 18.9. The highest BCUT2D eigenvalue weighted by atomic mass is 16.5. The number of carbonyl (C=O) groups excluding carboxylic acids is 5. The Balaban J connectivity index is 0.743. The van der Waals surface area contributed by atoms with Crippen LogP contribution in [0.3, 0.4) is 0 Å². The summed E-state index contributed by atoms with van der Waals surface area (Å²) >= 11 is 0. The van der Waals surface area contributed by atoms with Gasteiger partial charge in [-0.15, -0.1) is 0 Å². The van der Waals surface area contributed by atoms with Crippen LogP contribution in [0.4, 0.5) is 11.4 Å². The Labute approximate surface area is 440 Å². The first kappa shape index (κ1) is 57.2. The zero-order valence-electron chi connectivity index (χ0n) is 43.2. The van der Waals surface area contributed by atoms with Crippen LogP contribution in [-0.2, 0) is 41.7 Å². The SMILES string of the molecule is CN1CCC(Nc2cccc(C(=O)NCc3ccc(OCCCCCCOCCOCCOCCCCCC(=O)Nc4cccc5c4CN(C(CCC=O)C(N)=O)C5=O)cc3)c2)(C(N)=NC(=N)c2ccncc2)CC1. The number of unbranched alkanes of at least 4 members (excludes halogenated alkanes) is 5. The number of likely N-dealkylation sites (tertiary alicyclic amines) is 1. The maximum absolute atomic E-state index is 13.3. The normalized spacial score (nSPS) is 14.7. The minimum atomic E-state index is -0.894. The number of nitrogens with one attached hydrogen (secondary N) is 4. The topological polar surface area (TPSA) is 266 Å². The molecular weight excluding hydrogens is 957 g/mol. The van der Waals surface area contributed by atoms with Crippen LogP contribution in [0.1, 0.15) is 114 Å². The average molecular weight is 1030 g/mol. The summed E-state index contributed by atoms with van der Waals surface area (Å²) in [7, 11) is 2.07. The molecule has 0 radical (unpaired) electrons. The number of hydrogen-bond donors (Lipinski definition) is 6. The van der Waals surface area contributed by atoms with Crippen LogP contribution >= 0.6 is 0 Å². The van der Waals surface area contributed by atoms with Gasteiger partial charge in [0.05, 0.1) is 38.6 Å². The lowest BCUT2D eigenvalue weighted by molar-refractivity contribution is -0.123. The van der Waals surface area contributed by atoms with E-state index in [9.17, 15) is 24.0 Å². The third-order valence-corrected chi connectivity index (χ3v) is 13.3. The molecule has 19 heteroatoms. The first-order valence-corrected chi connectivity index (χ1v) is 26.1. The van der Waals surface area contributed by atoms with Crippen LogP contribution in [0, 0.1) is 5.41 Å². The quantitative estimate of drug-likeness (QED) is 0.0134. The molecular formula is C56H74N10O9. The molecule has 19 nitrogen and oxygen atoms in total. The van der Waals surface area contributed by atoms with Gasteiger partial charge in [-0.05, 0) is 119 Å². The van der Waals surface area contributed by atoms with Crippen LogP contribution in [-0.4, -0.2) is 134 Å². The van der Waals surface area contributed by atoms with Gasteiger partial charge < -0.3 is 61.0 Å². The van der Waals surface area contributed by atoms with E-state index in [4.69, 9.17) is 35.8 Å². The van der Waals surface area contributed by atoms with E-state index in [0.717, 1.165) is 68.6 Å². The van der Waals surface area contributed by atoms with Crippen molar-refractivity contribution in [1.82, 2.24) is 20.1 Å². The molecule has 4 amide bonds. The molecule has 0 spiro atoms.